The molecule has 1 N–H and O–H groups in total. The van der Waals surface area contributed by atoms with Crippen LogP contribution in [-0.4, -0.2) is 35.5 Å². The van der Waals surface area contributed by atoms with E-state index in [9.17, 15) is 19.7 Å². The largest absolute Gasteiger partial charge is 0.497 e. The van der Waals surface area contributed by atoms with E-state index in [0.29, 0.717) is 16.3 Å². The Hall–Kier alpha value is -3.79. The Labute approximate surface area is 175 Å². The predicted octanol–water partition coefficient (Wildman–Crippen LogP) is 3.83. The number of nitrogens with one attached hydrogen (secondary N) is 1. The van der Waals surface area contributed by atoms with Crippen LogP contribution >= 0.6 is 11.3 Å². The number of thiazole rings is 1. The van der Waals surface area contributed by atoms with Gasteiger partial charge < -0.3 is 14.8 Å². The molecule has 0 saturated carbocycles. The molecule has 0 atom stereocenters. The van der Waals surface area contributed by atoms with Crippen molar-refractivity contribution in [3.05, 3.63) is 69.2 Å². The second-order valence-electron chi connectivity index (χ2n) is 6.10. The van der Waals surface area contributed by atoms with Crippen molar-refractivity contribution >= 4 is 34.6 Å². The number of nitro benzene ring substituents is 1. The molecule has 0 spiro atoms. The van der Waals surface area contributed by atoms with Crippen LogP contribution in [0.5, 0.6) is 5.75 Å². The number of methoxy groups -OCH3 is 1. The molecule has 30 heavy (non-hydrogen) atoms. The lowest BCUT2D eigenvalue weighted by Gasteiger charge is -2.08. The minimum absolute atomic E-state index is 0.0881. The van der Waals surface area contributed by atoms with Crippen molar-refractivity contribution in [3.63, 3.8) is 0 Å². The van der Waals surface area contributed by atoms with Crippen LogP contribution in [0.25, 0.3) is 10.6 Å². The van der Waals surface area contributed by atoms with Crippen LogP contribution in [0.4, 0.5) is 11.4 Å². The van der Waals surface area contributed by atoms with Crippen LogP contribution in [0.3, 0.4) is 0 Å². The van der Waals surface area contributed by atoms with Gasteiger partial charge in [-0.1, -0.05) is 6.07 Å². The van der Waals surface area contributed by atoms with Gasteiger partial charge in [0.1, 0.15) is 10.8 Å². The molecule has 0 bridgehead atoms. The van der Waals surface area contributed by atoms with Gasteiger partial charge in [-0.3, -0.25) is 14.9 Å². The summed E-state index contributed by atoms with van der Waals surface area (Å²) in [6.07, 6.45) is 0. The van der Waals surface area contributed by atoms with Crippen molar-refractivity contribution in [1.29, 1.82) is 0 Å². The minimum atomic E-state index is -0.739. The third-order valence-corrected chi connectivity index (χ3v) is 5.05. The average molecular weight is 427 g/mol. The summed E-state index contributed by atoms with van der Waals surface area (Å²) in [5, 5.41) is 15.7. The average Bonchev–Trinajstić information content (AvgIpc) is 3.24. The zero-order chi connectivity index (χ0) is 21.7. The summed E-state index contributed by atoms with van der Waals surface area (Å²) in [6, 6.07) is 11.5. The number of amides is 1. The van der Waals surface area contributed by atoms with E-state index < -0.39 is 23.4 Å². The smallest absolute Gasteiger partial charge is 0.358 e. The highest BCUT2D eigenvalue weighted by molar-refractivity contribution is 7.13. The van der Waals surface area contributed by atoms with Gasteiger partial charge in [0.15, 0.2) is 12.3 Å². The van der Waals surface area contributed by atoms with Gasteiger partial charge in [-0.05, 0) is 37.3 Å². The first-order valence-electron chi connectivity index (χ1n) is 8.70. The molecule has 1 aromatic heterocycles. The number of nitro groups is 1. The Balaban J connectivity index is 1.59. The van der Waals surface area contributed by atoms with Gasteiger partial charge in [-0.15, -0.1) is 11.3 Å². The summed E-state index contributed by atoms with van der Waals surface area (Å²) < 4.78 is 10.1. The zero-order valence-electron chi connectivity index (χ0n) is 16.1. The van der Waals surface area contributed by atoms with Crippen LogP contribution in [0.2, 0.25) is 0 Å². The van der Waals surface area contributed by atoms with E-state index in [4.69, 9.17) is 9.47 Å². The van der Waals surface area contributed by atoms with E-state index in [1.165, 1.54) is 36.5 Å². The number of aromatic nitrogens is 1. The summed E-state index contributed by atoms with van der Waals surface area (Å²) in [7, 11) is 1.57. The summed E-state index contributed by atoms with van der Waals surface area (Å²) in [5.74, 6) is -0.644. The van der Waals surface area contributed by atoms with E-state index in [1.807, 2.05) is 12.1 Å². The highest BCUT2D eigenvalue weighted by Gasteiger charge is 2.17. The number of nitrogens with zero attached hydrogens (tertiary/aromatic N) is 2. The maximum atomic E-state index is 12.2. The second-order valence-corrected chi connectivity index (χ2v) is 6.96. The van der Waals surface area contributed by atoms with Gasteiger partial charge in [0, 0.05) is 17.0 Å². The van der Waals surface area contributed by atoms with Crippen molar-refractivity contribution in [3.8, 4) is 16.3 Å². The molecule has 10 heteroatoms. The molecule has 3 aromatic rings. The molecular formula is C20H17N3O6S. The summed E-state index contributed by atoms with van der Waals surface area (Å²) in [4.78, 5) is 39.0. The highest BCUT2D eigenvalue weighted by Crippen LogP contribution is 2.26. The molecular weight excluding hydrogens is 410 g/mol. The van der Waals surface area contributed by atoms with E-state index in [-0.39, 0.29) is 17.1 Å². The van der Waals surface area contributed by atoms with Gasteiger partial charge in [0.25, 0.3) is 11.6 Å². The third-order valence-electron chi connectivity index (χ3n) is 4.16. The lowest BCUT2D eigenvalue weighted by molar-refractivity contribution is -0.385. The number of ether oxygens (including phenoxy) is 2. The molecule has 0 aliphatic rings. The topological polar surface area (TPSA) is 121 Å². The van der Waals surface area contributed by atoms with Crippen LogP contribution in [-0.2, 0) is 9.53 Å². The van der Waals surface area contributed by atoms with Crippen molar-refractivity contribution < 1.29 is 24.0 Å². The van der Waals surface area contributed by atoms with Gasteiger partial charge in [-0.25, -0.2) is 9.78 Å². The molecule has 1 amide bonds. The fraction of sp³-hybridized carbons (Fsp3) is 0.150. The lowest BCUT2D eigenvalue weighted by atomic mass is 10.1. The molecule has 1 heterocycles. The Bertz CT molecular complexity index is 1090. The summed E-state index contributed by atoms with van der Waals surface area (Å²) in [5.41, 5.74) is 1.38. The number of carbonyl (C=O) groups excluding carboxylic acids is 2. The number of anilines is 1. The number of benzene rings is 2. The Morgan fingerprint density at radius 2 is 1.93 bits per heavy atom. The molecule has 0 radical (unpaired) electrons. The van der Waals surface area contributed by atoms with Crippen molar-refractivity contribution in [2.45, 2.75) is 6.92 Å². The Morgan fingerprint density at radius 1 is 1.20 bits per heavy atom. The Kier molecular flexibility index (Phi) is 6.38. The Morgan fingerprint density at radius 3 is 2.60 bits per heavy atom. The fourth-order valence-corrected chi connectivity index (χ4v) is 3.38. The maximum absolute atomic E-state index is 12.2. The molecule has 3 rings (SSSR count). The van der Waals surface area contributed by atoms with E-state index in [0.717, 1.165) is 5.56 Å². The number of hydrogen-bond donors (Lipinski definition) is 1. The first kappa shape index (κ1) is 20.9. The first-order chi connectivity index (χ1) is 14.4. The monoisotopic (exact) mass is 427 g/mol. The predicted molar refractivity (Wildman–Crippen MR) is 111 cm³/mol. The fourth-order valence-electron chi connectivity index (χ4n) is 2.58. The van der Waals surface area contributed by atoms with Crippen LogP contribution in [0.15, 0.2) is 47.8 Å². The van der Waals surface area contributed by atoms with Crippen molar-refractivity contribution in [1.82, 2.24) is 4.98 Å². The number of esters is 1. The zero-order valence-corrected chi connectivity index (χ0v) is 16.9. The molecule has 2 aromatic carbocycles. The molecule has 0 unspecified atom stereocenters. The highest BCUT2D eigenvalue weighted by atomic mass is 32.1. The van der Waals surface area contributed by atoms with Gasteiger partial charge >= 0.3 is 5.97 Å². The standard InChI is InChI=1S/C20H17N3O6S/c1-12-15(4-3-5-17(12)23(26)27)21-18(24)10-29-20(25)16-11-30-19(22-16)13-6-8-14(28-2)9-7-13/h3-9,11H,10H2,1-2H3,(H,21,24). The van der Waals surface area contributed by atoms with E-state index in [2.05, 4.69) is 10.3 Å². The molecule has 154 valence electrons. The summed E-state index contributed by atoms with van der Waals surface area (Å²) >= 11 is 1.27. The number of hydrogen-bond acceptors (Lipinski definition) is 8. The van der Waals surface area contributed by atoms with Crippen LogP contribution in [0.1, 0.15) is 16.1 Å². The molecule has 0 aliphatic heterocycles. The minimum Gasteiger partial charge on any atom is -0.497 e. The number of carbonyl (C=O) groups is 2. The lowest BCUT2D eigenvalue weighted by Crippen LogP contribution is -2.21. The second kappa shape index (κ2) is 9.14. The van der Waals surface area contributed by atoms with Gasteiger partial charge in [0.05, 0.1) is 23.3 Å². The van der Waals surface area contributed by atoms with Gasteiger partial charge in [-0.2, -0.15) is 0 Å². The molecule has 0 aliphatic carbocycles. The van der Waals surface area contributed by atoms with Crippen LogP contribution < -0.4 is 10.1 Å². The third kappa shape index (κ3) is 4.78. The number of rotatable bonds is 7. The van der Waals surface area contributed by atoms with E-state index in [1.54, 1.807) is 24.6 Å². The quantitative estimate of drug-likeness (QED) is 0.345. The molecule has 0 fully saturated rings. The van der Waals surface area contributed by atoms with E-state index >= 15 is 0 Å². The van der Waals surface area contributed by atoms with Crippen molar-refractivity contribution in [2.75, 3.05) is 19.0 Å². The normalized spacial score (nSPS) is 10.3. The SMILES string of the molecule is COc1ccc(-c2nc(C(=O)OCC(=O)Nc3cccc([N+](=O)[O-])c3C)cs2)cc1. The summed E-state index contributed by atoms with van der Waals surface area (Å²) in [6.45, 7) is 0.978. The molecule has 9 nitrogen and oxygen atoms in total. The first-order valence-corrected chi connectivity index (χ1v) is 9.58. The maximum Gasteiger partial charge on any atom is 0.358 e. The van der Waals surface area contributed by atoms with Gasteiger partial charge in [0.2, 0.25) is 0 Å². The molecule has 0 saturated heterocycles. The van der Waals surface area contributed by atoms with Crippen LogP contribution in [0, 0.1) is 17.0 Å². The van der Waals surface area contributed by atoms with Crippen molar-refractivity contribution in [2.24, 2.45) is 0 Å².